The molecule has 1 aromatic heterocycles. The van der Waals surface area contributed by atoms with E-state index in [1.165, 1.54) is 18.6 Å². The van der Waals surface area contributed by atoms with Crippen molar-refractivity contribution in [3.63, 3.8) is 0 Å². The van der Waals surface area contributed by atoms with Crippen molar-refractivity contribution < 1.29 is 18.3 Å². The first-order valence-electron chi connectivity index (χ1n) is 11.1. The molecule has 4 rings (SSSR count). The number of aliphatic hydroxyl groups excluding tert-OH is 1. The van der Waals surface area contributed by atoms with E-state index in [0.29, 0.717) is 39.0 Å². The number of nitrogens with zero attached hydrogens (tertiary/aromatic N) is 4. The fraction of sp³-hybridized carbons (Fsp3) is 0.292. The first-order valence-corrected chi connectivity index (χ1v) is 12.6. The topological polar surface area (TPSA) is 116 Å². The molecule has 34 heavy (non-hydrogen) atoms. The fourth-order valence-electron chi connectivity index (χ4n) is 3.85. The SMILES string of the molecule is O=C([C@H](O)CCc1ccccc1)N1CCN(c2ccc(S(=O)(=O)Nc3ccncn3)cc2)CC1. The third-order valence-electron chi connectivity index (χ3n) is 5.76. The molecule has 2 heterocycles. The van der Waals surface area contributed by atoms with Gasteiger partial charge in [0.05, 0.1) is 4.90 Å². The maximum absolute atomic E-state index is 12.6. The molecule has 0 unspecified atom stereocenters. The van der Waals surface area contributed by atoms with Crippen LogP contribution in [0.5, 0.6) is 0 Å². The van der Waals surface area contributed by atoms with Crippen LogP contribution in [0.2, 0.25) is 0 Å². The molecule has 2 aromatic carbocycles. The average molecular weight is 482 g/mol. The third-order valence-corrected chi connectivity index (χ3v) is 7.13. The van der Waals surface area contributed by atoms with Gasteiger partial charge in [-0.2, -0.15) is 0 Å². The Labute approximate surface area is 199 Å². The molecular formula is C24H27N5O4S. The highest BCUT2D eigenvalue weighted by Crippen LogP contribution is 2.21. The number of sulfonamides is 1. The van der Waals surface area contributed by atoms with E-state index in [4.69, 9.17) is 0 Å². The number of nitrogens with one attached hydrogen (secondary N) is 1. The van der Waals surface area contributed by atoms with Crippen LogP contribution in [0.25, 0.3) is 0 Å². The van der Waals surface area contributed by atoms with Crippen LogP contribution >= 0.6 is 0 Å². The van der Waals surface area contributed by atoms with E-state index in [1.807, 2.05) is 30.3 Å². The Morgan fingerprint density at radius 1 is 1.00 bits per heavy atom. The van der Waals surface area contributed by atoms with Crippen LogP contribution in [0.3, 0.4) is 0 Å². The Bertz CT molecular complexity index is 1180. The maximum Gasteiger partial charge on any atom is 0.263 e. The number of aliphatic hydroxyl groups is 1. The molecule has 1 saturated heterocycles. The predicted molar refractivity (Wildman–Crippen MR) is 129 cm³/mol. The third kappa shape index (κ3) is 5.89. The van der Waals surface area contributed by atoms with Gasteiger partial charge in [-0.25, -0.2) is 18.4 Å². The normalized spacial score (nSPS) is 15.1. The van der Waals surface area contributed by atoms with Gasteiger partial charge < -0.3 is 14.9 Å². The maximum atomic E-state index is 12.6. The summed E-state index contributed by atoms with van der Waals surface area (Å²) in [5.41, 5.74) is 1.97. The molecule has 1 fully saturated rings. The van der Waals surface area contributed by atoms with Gasteiger partial charge in [0.15, 0.2) is 0 Å². The van der Waals surface area contributed by atoms with E-state index in [9.17, 15) is 18.3 Å². The molecule has 1 aliphatic rings. The van der Waals surface area contributed by atoms with Crippen LogP contribution in [0, 0.1) is 0 Å². The average Bonchev–Trinajstić information content (AvgIpc) is 2.88. The highest BCUT2D eigenvalue weighted by atomic mass is 32.2. The fourth-order valence-corrected chi connectivity index (χ4v) is 4.86. The Balaban J connectivity index is 1.29. The van der Waals surface area contributed by atoms with E-state index in [0.717, 1.165) is 11.3 Å². The van der Waals surface area contributed by atoms with Gasteiger partial charge in [0.1, 0.15) is 18.2 Å². The number of carbonyl (C=O) groups excluding carboxylic acids is 1. The van der Waals surface area contributed by atoms with E-state index >= 15 is 0 Å². The highest BCUT2D eigenvalue weighted by Gasteiger charge is 2.26. The number of hydrogen-bond acceptors (Lipinski definition) is 7. The quantitative estimate of drug-likeness (QED) is 0.505. The van der Waals surface area contributed by atoms with Crippen molar-refractivity contribution in [3.05, 3.63) is 78.8 Å². The van der Waals surface area contributed by atoms with Crippen molar-refractivity contribution in [2.45, 2.75) is 23.8 Å². The molecule has 0 aliphatic carbocycles. The minimum atomic E-state index is -3.76. The van der Waals surface area contributed by atoms with Crippen molar-refractivity contribution in [3.8, 4) is 0 Å². The Kier molecular flexibility index (Phi) is 7.39. The molecule has 0 saturated carbocycles. The second-order valence-corrected chi connectivity index (χ2v) is 9.73. The number of rotatable bonds is 8. The monoisotopic (exact) mass is 481 g/mol. The molecular weight excluding hydrogens is 454 g/mol. The summed E-state index contributed by atoms with van der Waals surface area (Å²) >= 11 is 0. The van der Waals surface area contributed by atoms with Crippen LogP contribution < -0.4 is 9.62 Å². The number of benzene rings is 2. The number of anilines is 2. The summed E-state index contributed by atoms with van der Waals surface area (Å²) in [5, 5.41) is 10.4. The zero-order valence-corrected chi connectivity index (χ0v) is 19.4. The smallest absolute Gasteiger partial charge is 0.263 e. The molecule has 10 heteroatoms. The van der Waals surface area contributed by atoms with Crippen LogP contribution in [0.4, 0.5) is 11.5 Å². The summed E-state index contributed by atoms with van der Waals surface area (Å²) in [5.74, 6) is -0.0429. The van der Waals surface area contributed by atoms with Crippen LogP contribution in [0.15, 0.2) is 78.1 Å². The van der Waals surface area contributed by atoms with E-state index in [2.05, 4.69) is 19.6 Å². The largest absolute Gasteiger partial charge is 0.383 e. The van der Waals surface area contributed by atoms with Gasteiger partial charge >= 0.3 is 0 Å². The predicted octanol–water partition coefficient (Wildman–Crippen LogP) is 1.92. The minimum absolute atomic E-state index is 0.130. The van der Waals surface area contributed by atoms with Crippen molar-refractivity contribution in [2.75, 3.05) is 35.8 Å². The molecule has 2 N–H and O–H groups in total. The number of piperazine rings is 1. The van der Waals surface area contributed by atoms with Gasteiger partial charge in [-0.1, -0.05) is 30.3 Å². The van der Waals surface area contributed by atoms with Gasteiger partial charge in [-0.15, -0.1) is 0 Å². The van der Waals surface area contributed by atoms with Gasteiger partial charge in [0.2, 0.25) is 0 Å². The number of amides is 1. The molecule has 0 radical (unpaired) electrons. The number of carbonyl (C=O) groups is 1. The van der Waals surface area contributed by atoms with Crippen molar-refractivity contribution in [2.24, 2.45) is 0 Å². The van der Waals surface area contributed by atoms with Crippen molar-refractivity contribution >= 4 is 27.4 Å². The molecule has 3 aromatic rings. The Hall–Kier alpha value is -3.50. The zero-order valence-electron chi connectivity index (χ0n) is 18.6. The molecule has 9 nitrogen and oxygen atoms in total. The first-order chi connectivity index (χ1) is 16.4. The van der Waals surface area contributed by atoms with Gasteiger partial charge in [-0.3, -0.25) is 9.52 Å². The second-order valence-electron chi connectivity index (χ2n) is 8.05. The molecule has 1 aliphatic heterocycles. The van der Waals surface area contributed by atoms with Crippen molar-refractivity contribution in [1.82, 2.24) is 14.9 Å². The van der Waals surface area contributed by atoms with Gasteiger partial charge in [0, 0.05) is 38.1 Å². The summed E-state index contributed by atoms with van der Waals surface area (Å²) in [6.45, 7) is 2.19. The lowest BCUT2D eigenvalue weighted by Crippen LogP contribution is -2.51. The van der Waals surface area contributed by atoms with Crippen molar-refractivity contribution in [1.29, 1.82) is 0 Å². The molecule has 0 bridgehead atoms. The number of hydrogen-bond donors (Lipinski definition) is 2. The summed E-state index contributed by atoms with van der Waals surface area (Å²) in [7, 11) is -3.76. The summed E-state index contributed by atoms with van der Waals surface area (Å²) in [4.78, 5) is 24.2. The van der Waals surface area contributed by atoms with E-state index < -0.39 is 16.1 Å². The summed E-state index contributed by atoms with van der Waals surface area (Å²) < 4.78 is 27.5. The minimum Gasteiger partial charge on any atom is -0.383 e. The van der Waals surface area contributed by atoms with Crippen LogP contribution in [0.1, 0.15) is 12.0 Å². The molecule has 1 amide bonds. The first kappa shape index (κ1) is 23.7. The molecule has 1 atom stereocenters. The summed E-state index contributed by atoms with van der Waals surface area (Å²) in [6, 6.07) is 17.9. The van der Waals surface area contributed by atoms with Gasteiger partial charge in [-0.05, 0) is 48.7 Å². The standard InChI is InChI=1S/C24H27N5O4S/c30-22(11-6-19-4-2-1-3-5-19)24(31)29-16-14-28(15-17-29)20-7-9-21(10-8-20)34(32,33)27-23-12-13-25-18-26-23/h1-5,7-10,12-13,18,22,30H,6,11,14-17H2,(H,25,26,27)/t22-/m1/s1. The van der Waals surface area contributed by atoms with Gasteiger partial charge in [0.25, 0.3) is 15.9 Å². The Morgan fingerprint density at radius 2 is 1.71 bits per heavy atom. The van der Waals surface area contributed by atoms with E-state index in [1.54, 1.807) is 29.2 Å². The lowest BCUT2D eigenvalue weighted by atomic mass is 10.1. The number of aryl methyl sites for hydroxylation is 1. The number of aromatic nitrogens is 2. The molecule has 178 valence electrons. The molecule has 0 spiro atoms. The van der Waals surface area contributed by atoms with Crippen LogP contribution in [-0.2, 0) is 21.2 Å². The van der Waals surface area contributed by atoms with E-state index in [-0.39, 0.29) is 16.6 Å². The zero-order chi connectivity index (χ0) is 24.0. The lowest BCUT2D eigenvalue weighted by Gasteiger charge is -2.37. The van der Waals surface area contributed by atoms with Crippen LogP contribution in [-0.4, -0.2) is 66.6 Å². The summed E-state index contributed by atoms with van der Waals surface area (Å²) in [6.07, 6.45) is 2.75. The second kappa shape index (κ2) is 10.6. The lowest BCUT2D eigenvalue weighted by molar-refractivity contribution is -0.140. The Morgan fingerprint density at radius 3 is 2.35 bits per heavy atom. The highest BCUT2D eigenvalue weighted by molar-refractivity contribution is 7.92.